The highest BCUT2D eigenvalue weighted by Gasteiger charge is 2.13. The summed E-state index contributed by atoms with van der Waals surface area (Å²) in [5.41, 5.74) is 2.79. The smallest absolute Gasteiger partial charge is 0.301 e. The van der Waals surface area contributed by atoms with Crippen LogP contribution in [-0.2, 0) is 5.75 Å². The van der Waals surface area contributed by atoms with E-state index in [1.807, 2.05) is 5.43 Å². The summed E-state index contributed by atoms with van der Waals surface area (Å²) in [5.74, 6) is 6.04. The van der Waals surface area contributed by atoms with Crippen molar-refractivity contribution in [2.24, 2.45) is 5.84 Å². The zero-order valence-corrected chi connectivity index (χ0v) is 8.34. The highest BCUT2D eigenvalue weighted by Crippen LogP contribution is 2.17. The van der Waals surface area contributed by atoms with E-state index < -0.39 is 5.91 Å². The van der Waals surface area contributed by atoms with Gasteiger partial charge in [0.25, 0.3) is 0 Å². The lowest BCUT2D eigenvalue weighted by atomic mass is 10.3. The van der Waals surface area contributed by atoms with Gasteiger partial charge < -0.3 is 9.52 Å². The predicted octanol–water partition coefficient (Wildman–Crippen LogP) is 0.109. The molecule has 0 aliphatic heterocycles. The molecule has 6 heteroatoms. The monoisotopic (exact) mass is 216 g/mol. The Bertz CT molecular complexity index is 301. The summed E-state index contributed by atoms with van der Waals surface area (Å²) in [4.78, 5) is 11.1. The standard InChI is InChI=1S/C8H12N2O3S/c9-10-8(12)7-6(1-3-13-7)5-14-4-2-11/h1,3,11H,2,4-5,9H2,(H,10,12). The quantitative estimate of drug-likeness (QED) is 0.281. The van der Waals surface area contributed by atoms with Gasteiger partial charge >= 0.3 is 5.91 Å². The van der Waals surface area contributed by atoms with Crippen molar-refractivity contribution in [3.05, 3.63) is 23.7 Å². The van der Waals surface area contributed by atoms with Crippen LogP contribution in [0.4, 0.5) is 0 Å². The molecule has 0 fully saturated rings. The van der Waals surface area contributed by atoms with E-state index in [4.69, 9.17) is 15.4 Å². The molecule has 0 saturated heterocycles. The fraction of sp³-hybridized carbons (Fsp3) is 0.375. The molecule has 0 aliphatic rings. The van der Waals surface area contributed by atoms with Crippen LogP contribution in [0.5, 0.6) is 0 Å². The number of aliphatic hydroxyl groups is 1. The number of carbonyl (C=O) groups is 1. The largest absolute Gasteiger partial charge is 0.459 e. The number of aliphatic hydroxyl groups excluding tert-OH is 1. The molecule has 1 heterocycles. The normalized spacial score (nSPS) is 10.1. The Hall–Kier alpha value is -0.980. The number of amides is 1. The number of furan rings is 1. The first-order valence-electron chi connectivity index (χ1n) is 4.05. The maximum atomic E-state index is 11.1. The van der Waals surface area contributed by atoms with E-state index in [0.29, 0.717) is 11.5 Å². The molecule has 4 N–H and O–H groups in total. The zero-order valence-electron chi connectivity index (χ0n) is 7.53. The van der Waals surface area contributed by atoms with Crippen molar-refractivity contribution in [3.63, 3.8) is 0 Å². The van der Waals surface area contributed by atoms with Gasteiger partial charge in [0.2, 0.25) is 0 Å². The van der Waals surface area contributed by atoms with Crippen LogP contribution in [0.2, 0.25) is 0 Å². The van der Waals surface area contributed by atoms with Crippen molar-refractivity contribution >= 4 is 17.7 Å². The molecule has 14 heavy (non-hydrogen) atoms. The zero-order chi connectivity index (χ0) is 10.4. The third-order valence-corrected chi connectivity index (χ3v) is 2.56. The minimum Gasteiger partial charge on any atom is -0.459 e. The maximum absolute atomic E-state index is 11.1. The van der Waals surface area contributed by atoms with Crippen LogP contribution >= 0.6 is 11.8 Å². The second-order valence-corrected chi connectivity index (χ2v) is 3.63. The van der Waals surface area contributed by atoms with Gasteiger partial charge in [-0.25, -0.2) is 5.84 Å². The topological polar surface area (TPSA) is 88.5 Å². The van der Waals surface area contributed by atoms with Crippen LogP contribution in [0.1, 0.15) is 16.1 Å². The highest BCUT2D eigenvalue weighted by atomic mass is 32.2. The first-order valence-corrected chi connectivity index (χ1v) is 5.21. The van der Waals surface area contributed by atoms with Crippen molar-refractivity contribution in [1.82, 2.24) is 5.43 Å². The van der Waals surface area contributed by atoms with E-state index in [2.05, 4.69) is 0 Å². The summed E-state index contributed by atoms with van der Waals surface area (Å²) in [5, 5.41) is 8.58. The SMILES string of the molecule is NNC(=O)c1occc1CSCCO. The number of nitrogens with one attached hydrogen (secondary N) is 1. The molecule has 78 valence electrons. The van der Waals surface area contributed by atoms with Gasteiger partial charge in [-0.15, -0.1) is 0 Å². The van der Waals surface area contributed by atoms with Crippen molar-refractivity contribution in [3.8, 4) is 0 Å². The van der Waals surface area contributed by atoms with E-state index in [-0.39, 0.29) is 12.4 Å². The molecule has 0 atom stereocenters. The maximum Gasteiger partial charge on any atom is 0.301 e. The van der Waals surface area contributed by atoms with Gasteiger partial charge in [0.15, 0.2) is 5.76 Å². The Labute approximate surface area is 85.6 Å². The summed E-state index contributed by atoms with van der Waals surface area (Å²) in [7, 11) is 0. The number of hydrazine groups is 1. The number of thioether (sulfide) groups is 1. The number of nitrogen functional groups attached to an aromatic ring is 1. The van der Waals surface area contributed by atoms with E-state index in [1.54, 1.807) is 6.07 Å². The molecule has 0 aliphatic carbocycles. The Morgan fingerprint density at radius 2 is 2.50 bits per heavy atom. The number of nitrogens with two attached hydrogens (primary N) is 1. The summed E-state index contributed by atoms with van der Waals surface area (Å²) < 4.78 is 4.98. The summed E-state index contributed by atoms with van der Waals surface area (Å²) in [6.07, 6.45) is 1.44. The number of hydrogen-bond acceptors (Lipinski definition) is 5. The fourth-order valence-electron chi connectivity index (χ4n) is 0.961. The first kappa shape index (κ1) is 11.1. The molecule has 0 unspecified atom stereocenters. The minimum atomic E-state index is -0.436. The van der Waals surface area contributed by atoms with Gasteiger partial charge in [-0.1, -0.05) is 0 Å². The average molecular weight is 216 g/mol. The van der Waals surface area contributed by atoms with E-state index in [9.17, 15) is 4.79 Å². The lowest BCUT2D eigenvalue weighted by Crippen LogP contribution is -2.30. The summed E-state index contributed by atoms with van der Waals surface area (Å²) >= 11 is 1.52. The van der Waals surface area contributed by atoms with Gasteiger partial charge in [0.05, 0.1) is 12.9 Å². The molecule has 1 rings (SSSR count). The number of carbonyl (C=O) groups excluding carboxylic acids is 1. The number of hydrogen-bond donors (Lipinski definition) is 3. The molecule has 0 spiro atoms. The van der Waals surface area contributed by atoms with Crippen molar-refractivity contribution in [2.75, 3.05) is 12.4 Å². The molecular formula is C8H12N2O3S. The second kappa shape index (κ2) is 5.69. The minimum absolute atomic E-state index is 0.126. The molecule has 1 aromatic rings. The fourth-order valence-corrected chi connectivity index (χ4v) is 1.68. The third kappa shape index (κ3) is 2.76. The van der Waals surface area contributed by atoms with Gasteiger partial charge in [-0.2, -0.15) is 11.8 Å². The lowest BCUT2D eigenvalue weighted by molar-refractivity contribution is 0.0925. The van der Waals surface area contributed by atoms with E-state index in [1.165, 1.54) is 18.0 Å². The summed E-state index contributed by atoms with van der Waals surface area (Å²) in [6, 6.07) is 1.72. The number of rotatable bonds is 5. The van der Waals surface area contributed by atoms with Crippen molar-refractivity contribution < 1.29 is 14.3 Å². The average Bonchev–Trinajstić information content (AvgIpc) is 2.65. The Kier molecular flexibility index (Phi) is 4.51. The molecule has 5 nitrogen and oxygen atoms in total. The van der Waals surface area contributed by atoms with Gasteiger partial charge in [-0.05, 0) is 6.07 Å². The van der Waals surface area contributed by atoms with Crippen molar-refractivity contribution in [1.29, 1.82) is 0 Å². The molecule has 1 amide bonds. The van der Waals surface area contributed by atoms with Crippen LogP contribution in [0.3, 0.4) is 0 Å². The molecule has 1 aromatic heterocycles. The second-order valence-electron chi connectivity index (χ2n) is 2.52. The summed E-state index contributed by atoms with van der Waals surface area (Å²) in [6.45, 7) is 0.126. The molecule has 0 aromatic carbocycles. The third-order valence-electron chi connectivity index (χ3n) is 1.58. The van der Waals surface area contributed by atoms with Crippen LogP contribution < -0.4 is 11.3 Å². The highest BCUT2D eigenvalue weighted by molar-refractivity contribution is 7.98. The van der Waals surface area contributed by atoms with E-state index >= 15 is 0 Å². The van der Waals surface area contributed by atoms with Crippen LogP contribution in [-0.4, -0.2) is 23.4 Å². The predicted molar refractivity (Wildman–Crippen MR) is 53.6 cm³/mol. The molecule has 0 bridgehead atoms. The van der Waals surface area contributed by atoms with Crippen LogP contribution in [0.25, 0.3) is 0 Å². The van der Waals surface area contributed by atoms with Gasteiger partial charge in [-0.3, -0.25) is 10.2 Å². The first-order chi connectivity index (χ1) is 6.79. The molecule has 0 radical (unpaired) electrons. The van der Waals surface area contributed by atoms with E-state index in [0.717, 1.165) is 5.56 Å². The molecular weight excluding hydrogens is 204 g/mol. The van der Waals surface area contributed by atoms with Crippen molar-refractivity contribution in [2.45, 2.75) is 5.75 Å². The van der Waals surface area contributed by atoms with Gasteiger partial charge in [0.1, 0.15) is 0 Å². The van der Waals surface area contributed by atoms with Gasteiger partial charge in [0, 0.05) is 17.1 Å². The van der Waals surface area contributed by atoms with Crippen LogP contribution in [0, 0.1) is 0 Å². The van der Waals surface area contributed by atoms with Crippen LogP contribution in [0.15, 0.2) is 16.7 Å². The molecule has 0 saturated carbocycles. The Morgan fingerprint density at radius 1 is 1.71 bits per heavy atom. The lowest BCUT2D eigenvalue weighted by Gasteiger charge is -2.00. The Morgan fingerprint density at radius 3 is 3.14 bits per heavy atom. The Balaban J connectivity index is 2.58.